The molecule has 1 atom stereocenters. The molecule has 0 bridgehead atoms. The highest BCUT2D eigenvalue weighted by atomic mass is 32.2. The van der Waals surface area contributed by atoms with Crippen LogP contribution in [0.1, 0.15) is 54.2 Å². The Morgan fingerprint density at radius 3 is 2.31 bits per heavy atom. The molecule has 0 spiro atoms. The fraction of sp³-hybridized carbons (Fsp3) is 0.647. The topological polar surface area (TPSA) is 79.5 Å². The van der Waals surface area contributed by atoms with Gasteiger partial charge < -0.3 is 4.52 Å². The van der Waals surface area contributed by atoms with Crippen LogP contribution >= 0.6 is 11.3 Å². The summed E-state index contributed by atoms with van der Waals surface area (Å²) < 4.78 is 32.8. The van der Waals surface area contributed by atoms with Crippen LogP contribution in [0.15, 0.2) is 15.5 Å². The molecule has 2 aromatic heterocycles. The van der Waals surface area contributed by atoms with Gasteiger partial charge in [0.1, 0.15) is 0 Å². The Kier molecular flexibility index (Phi) is 5.53. The van der Waals surface area contributed by atoms with Crippen molar-refractivity contribution in [1.29, 1.82) is 0 Å². The monoisotopic (exact) mass is 398 g/mol. The van der Waals surface area contributed by atoms with Crippen LogP contribution in [0, 0.1) is 13.8 Å². The van der Waals surface area contributed by atoms with Crippen molar-refractivity contribution in [3.63, 3.8) is 0 Å². The van der Waals surface area contributed by atoms with Gasteiger partial charge in [0.05, 0.1) is 10.9 Å². The van der Waals surface area contributed by atoms with Gasteiger partial charge in [-0.1, -0.05) is 19.0 Å². The highest BCUT2D eigenvalue weighted by molar-refractivity contribution is 7.89. The van der Waals surface area contributed by atoms with Crippen LogP contribution in [0.2, 0.25) is 0 Å². The minimum Gasteiger partial charge on any atom is -0.338 e. The van der Waals surface area contributed by atoms with Crippen molar-refractivity contribution in [3.05, 3.63) is 27.5 Å². The van der Waals surface area contributed by atoms with Gasteiger partial charge in [0, 0.05) is 41.9 Å². The normalized spacial score (nSPS) is 18.5. The van der Waals surface area contributed by atoms with E-state index in [4.69, 9.17) is 4.52 Å². The lowest BCUT2D eigenvalue weighted by Gasteiger charge is -2.36. The predicted octanol–water partition coefficient (Wildman–Crippen LogP) is 2.94. The second kappa shape index (κ2) is 7.38. The molecule has 1 aliphatic heterocycles. The maximum Gasteiger partial charge on any atom is 0.244 e. The molecule has 0 aliphatic carbocycles. The highest BCUT2D eigenvalue weighted by Gasteiger charge is 2.33. The van der Waals surface area contributed by atoms with E-state index in [0.717, 1.165) is 9.75 Å². The zero-order valence-corrected chi connectivity index (χ0v) is 17.5. The lowest BCUT2D eigenvalue weighted by Crippen LogP contribution is -2.49. The maximum absolute atomic E-state index is 12.9. The predicted molar refractivity (Wildman–Crippen MR) is 101 cm³/mol. The van der Waals surface area contributed by atoms with Crippen molar-refractivity contribution in [1.82, 2.24) is 19.3 Å². The summed E-state index contributed by atoms with van der Waals surface area (Å²) in [6, 6.07) is 1.75. The molecular weight excluding hydrogens is 372 g/mol. The average molecular weight is 399 g/mol. The fourth-order valence-electron chi connectivity index (χ4n) is 3.14. The molecule has 3 rings (SSSR count). The van der Waals surface area contributed by atoms with Crippen LogP contribution in [-0.2, 0) is 10.0 Å². The molecule has 0 saturated carbocycles. The Balaban J connectivity index is 1.67. The van der Waals surface area contributed by atoms with E-state index in [-0.39, 0.29) is 12.0 Å². The molecule has 0 N–H and O–H groups in total. The Morgan fingerprint density at radius 1 is 1.15 bits per heavy atom. The minimum atomic E-state index is -3.43. The van der Waals surface area contributed by atoms with Crippen molar-refractivity contribution >= 4 is 21.4 Å². The molecule has 26 heavy (non-hydrogen) atoms. The quantitative estimate of drug-likeness (QED) is 0.770. The van der Waals surface area contributed by atoms with E-state index >= 15 is 0 Å². The van der Waals surface area contributed by atoms with Crippen LogP contribution in [0.3, 0.4) is 0 Å². The molecule has 3 heterocycles. The van der Waals surface area contributed by atoms with Crippen molar-refractivity contribution < 1.29 is 12.9 Å². The third-order valence-corrected chi connectivity index (χ3v) is 7.89. The summed E-state index contributed by atoms with van der Waals surface area (Å²) >= 11 is 1.52. The number of sulfonamides is 1. The molecular formula is C17H26N4O3S2. The molecule has 0 amide bonds. The summed E-state index contributed by atoms with van der Waals surface area (Å²) in [6.07, 6.45) is 0. The Morgan fingerprint density at radius 2 is 1.81 bits per heavy atom. The fourth-order valence-corrected chi connectivity index (χ4v) is 6.09. The van der Waals surface area contributed by atoms with E-state index in [9.17, 15) is 8.42 Å². The maximum atomic E-state index is 12.9. The number of rotatable bonds is 5. The van der Waals surface area contributed by atoms with Crippen molar-refractivity contribution in [2.24, 2.45) is 0 Å². The summed E-state index contributed by atoms with van der Waals surface area (Å²) in [6.45, 7) is 12.1. The van der Waals surface area contributed by atoms with E-state index in [1.165, 1.54) is 11.3 Å². The Hall–Kier alpha value is -1.29. The number of hydrogen-bond donors (Lipinski definition) is 0. The van der Waals surface area contributed by atoms with Gasteiger partial charge >= 0.3 is 0 Å². The first-order chi connectivity index (χ1) is 12.2. The van der Waals surface area contributed by atoms with Gasteiger partial charge in [-0.15, -0.1) is 11.3 Å². The molecule has 2 aromatic rings. The molecule has 9 heteroatoms. The first-order valence-electron chi connectivity index (χ1n) is 8.85. The van der Waals surface area contributed by atoms with E-state index < -0.39 is 10.0 Å². The summed E-state index contributed by atoms with van der Waals surface area (Å²) in [4.78, 5) is 8.97. The van der Waals surface area contributed by atoms with Crippen LogP contribution in [0.5, 0.6) is 0 Å². The van der Waals surface area contributed by atoms with Crippen LogP contribution in [0.4, 0.5) is 0 Å². The second-order valence-electron chi connectivity index (χ2n) is 7.04. The molecule has 144 valence electrons. The van der Waals surface area contributed by atoms with E-state index in [2.05, 4.69) is 15.0 Å². The van der Waals surface area contributed by atoms with E-state index in [0.29, 0.717) is 42.8 Å². The Labute approximate surface area is 159 Å². The number of aryl methyl sites for hydroxylation is 2. The highest BCUT2D eigenvalue weighted by Crippen LogP contribution is 2.29. The largest absolute Gasteiger partial charge is 0.338 e. The second-order valence-corrected chi connectivity index (χ2v) is 10.4. The van der Waals surface area contributed by atoms with Gasteiger partial charge in [0.15, 0.2) is 5.82 Å². The van der Waals surface area contributed by atoms with Gasteiger partial charge in [-0.2, -0.15) is 9.29 Å². The van der Waals surface area contributed by atoms with Gasteiger partial charge in [0.25, 0.3) is 0 Å². The third-order valence-electron chi connectivity index (χ3n) is 4.77. The minimum absolute atomic E-state index is 0.0232. The number of aromatic nitrogens is 2. The molecule has 0 radical (unpaired) electrons. The van der Waals surface area contributed by atoms with Crippen LogP contribution in [0.25, 0.3) is 0 Å². The number of piperazine rings is 1. The molecule has 1 saturated heterocycles. The molecule has 1 aliphatic rings. The van der Waals surface area contributed by atoms with Gasteiger partial charge in [-0.3, -0.25) is 4.90 Å². The van der Waals surface area contributed by atoms with Crippen LogP contribution in [-0.4, -0.2) is 53.9 Å². The van der Waals surface area contributed by atoms with Gasteiger partial charge in [-0.05, 0) is 26.8 Å². The molecule has 1 fully saturated rings. The zero-order valence-electron chi connectivity index (χ0n) is 15.9. The first-order valence-corrected chi connectivity index (χ1v) is 11.1. The lowest BCUT2D eigenvalue weighted by atomic mass is 10.2. The van der Waals surface area contributed by atoms with Crippen molar-refractivity contribution in [2.75, 3.05) is 26.2 Å². The van der Waals surface area contributed by atoms with Crippen LogP contribution < -0.4 is 0 Å². The molecule has 0 aromatic carbocycles. The third kappa shape index (κ3) is 3.71. The lowest BCUT2D eigenvalue weighted by molar-refractivity contribution is 0.124. The Bertz CT molecular complexity index is 864. The number of hydrogen-bond acceptors (Lipinski definition) is 7. The number of nitrogens with zero attached hydrogens (tertiary/aromatic N) is 4. The van der Waals surface area contributed by atoms with Crippen molar-refractivity contribution in [2.45, 2.75) is 51.5 Å². The van der Waals surface area contributed by atoms with E-state index in [1.54, 1.807) is 10.4 Å². The summed E-state index contributed by atoms with van der Waals surface area (Å²) in [5.74, 6) is 1.52. The van der Waals surface area contributed by atoms with Crippen molar-refractivity contribution in [3.8, 4) is 0 Å². The van der Waals surface area contributed by atoms with Gasteiger partial charge in [0.2, 0.25) is 15.9 Å². The summed E-state index contributed by atoms with van der Waals surface area (Å²) in [7, 11) is -3.43. The first kappa shape index (κ1) is 19.5. The number of thiophene rings is 1. The van der Waals surface area contributed by atoms with E-state index in [1.807, 2.05) is 34.6 Å². The summed E-state index contributed by atoms with van der Waals surface area (Å²) in [5.41, 5.74) is 0. The molecule has 7 nitrogen and oxygen atoms in total. The average Bonchev–Trinajstić information content (AvgIpc) is 3.21. The standard InChI is InChI=1S/C17H26N4O3S2/c1-11(2)16-18-17(24-19-16)13(4)20-6-8-21(9-7-20)26(22,23)15-10-12(3)25-14(15)5/h10-11,13H,6-9H2,1-5H3. The SMILES string of the molecule is Cc1cc(S(=O)(=O)N2CCN(C(C)c3nc(C(C)C)no3)CC2)c(C)s1. The molecule has 1 unspecified atom stereocenters. The zero-order chi connectivity index (χ0) is 19.1. The smallest absolute Gasteiger partial charge is 0.244 e. The van der Waals surface area contributed by atoms with Gasteiger partial charge in [-0.25, -0.2) is 8.42 Å². The summed E-state index contributed by atoms with van der Waals surface area (Å²) in [5, 5.41) is 4.02.